The maximum atomic E-state index is 5.62. The van der Waals surface area contributed by atoms with Crippen molar-refractivity contribution < 1.29 is 9.47 Å². The van der Waals surface area contributed by atoms with Crippen LogP contribution >= 0.6 is 12.4 Å². The number of nitrogens with one attached hydrogen (secondary N) is 2. The average Bonchev–Trinajstić information content (AvgIpc) is 2.91. The molecule has 0 fully saturated rings. The molecule has 0 bridgehead atoms. The molecule has 2 aromatic rings. The predicted molar refractivity (Wildman–Crippen MR) is 75.1 cm³/mol. The van der Waals surface area contributed by atoms with E-state index in [-0.39, 0.29) is 12.4 Å². The number of aromatic nitrogens is 3. The van der Waals surface area contributed by atoms with Crippen LogP contribution in [0.25, 0.3) is 0 Å². The van der Waals surface area contributed by atoms with Gasteiger partial charge in [-0.1, -0.05) is 12.1 Å². The molecule has 0 radical (unpaired) electrons. The van der Waals surface area contributed by atoms with Crippen molar-refractivity contribution in [3.8, 4) is 11.5 Å². The number of hydrogen-bond acceptors (Lipinski definition) is 5. The quantitative estimate of drug-likeness (QED) is 0.851. The maximum absolute atomic E-state index is 5.62. The third-order valence-corrected chi connectivity index (χ3v) is 2.43. The highest BCUT2D eigenvalue weighted by molar-refractivity contribution is 5.85. The van der Waals surface area contributed by atoms with Gasteiger partial charge < -0.3 is 14.8 Å². The van der Waals surface area contributed by atoms with Crippen LogP contribution in [0.15, 0.2) is 24.5 Å². The first-order valence-electron chi connectivity index (χ1n) is 5.73. The molecule has 0 spiro atoms. The van der Waals surface area contributed by atoms with E-state index in [0.29, 0.717) is 19.1 Å². The summed E-state index contributed by atoms with van der Waals surface area (Å²) in [6, 6.07) is 5.79. The highest BCUT2D eigenvalue weighted by atomic mass is 35.5. The van der Waals surface area contributed by atoms with Crippen LogP contribution in [0.2, 0.25) is 0 Å². The van der Waals surface area contributed by atoms with Gasteiger partial charge in [0.2, 0.25) is 5.95 Å². The van der Waals surface area contributed by atoms with Crippen LogP contribution in [0.3, 0.4) is 0 Å². The van der Waals surface area contributed by atoms with Crippen molar-refractivity contribution in [3.05, 3.63) is 30.1 Å². The van der Waals surface area contributed by atoms with Crippen molar-refractivity contribution in [1.82, 2.24) is 15.2 Å². The summed E-state index contributed by atoms with van der Waals surface area (Å²) in [7, 11) is 1.63. The lowest BCUT2D eigenvalue weighted by Gasteiger charge is -2.14. The van der Waals surface area contributed by atoms with Gasteiger partial charge in [0.25, 0.3) is 0 Å². The van der Waals surface area contributed by atoms with Gasteiger partial charge in [0.15, 0.2) is 11.5 Å². The Morgan fingerprint density at radius 2 is 2.21 bits per heavy atom. The summed E-state index contributed by atoms with van der Waals surface area (Å²) < 4.78 is 10.9. The van der Waals surface area contributed by atoms with E-state index >= 15 is 0 Å². The minimum absolute atomic E-state index is 0. The molecule has 6 nitrogen and oxygen atoms in total. The van der Waals surface area contributed by atoms with Gasteiger partial charge in [-0.2, -0.15) is 5.10 Å². The molecule has 2 N–H and O–H groups in total. The Kier molecular flexibility index (Phi) is 5.95. The van der Waals surface area contributed by atoms with Crippen molar-refractivity contribution in [2.24, 2.45) is 0 Å². The molecule has 1 heterocycles. The number of nitrogens with zero attached hydrogens (tertiary/aromatic N) is 2. The Morgan fingerprint density at radius 3 is 2.84 bits per heavy atom. The van der Waals surface area contributed by atoms with E-state index in [0.717, 1.165) is 17.1 Å². The Bertz CT molecular complexity index is 490. The van der Waals surface area contributed by atoms with Gasteiger partial charge in [-0.05, 0) is 13.0 Å². The summed E-state index contributed by atoms with van der Waals surface area (Å²) in [6.07, 6.45) is 1.46. The summed E-state index contributed by atoms with van der Waals surface area (Å²) in [4.78, 5) is 4.00. The standard InChI is InChI=1S/C12H16N4O2.ClH/c1-3-18-11-9(5-4-6-10(11)17-2)7-13-12-14-8-15-16-12;/h4-6,8H,3,7H2,1-2H3,(H2,13,14,15,16);1H. The number of para-hydroxylation sites is 1. The third kappa shape index (κ3) is 3.75. The number of rotatable bonds is 6. The molecule has 0 saturated heterocycles. The van der Waals surface area contributed by atoms with Crippen LogP contribution < -0.4 is 14.8 Å². The number of anilines is 1. The van der Waals surface area contributed by atoms with Crippen molar-refractivity contribution in [3.63, 3.8) is 0 Å². The van der Waals surface area contributed by atoms with Crippen LogP contribution in [0.1, 0.15) is 12.5 Å². The number of methoxy groups -OCH3 is 1. The fourth-order valence-electron chi connectivity index (χ4n) is 1.64. The van der Waals surface area contributed by atoms with E-state index in [4.69, 9.17) is 9.47 Å². The van der Waals surface area contributed by atoms with Crippen LogP contribution in [0, 0.1) is 0 Å². The fraction of sp³-hybridized carbons (Fsp3) is 0.333. The van der Waals surface area contributed by atoms with Crippen molar-refractivity contribution in [1.29, 1.82) is 0 Å². The first-order valence-corrected chi connectivity index (χ1v) is 5.73. The van der Waals surface area contributed by atoms with Crippen molar-refractivity contribution in [2.45, 2.75) is 13.5 Å². The second-order valence-corrected chi connectivity index (χ2v) is 3.57. The summed E-state index contributed by atoms with van der Waals surface area (Å²) in [5.74, 6) is 2.11. The first kappa shape index (κ1) is 15.1. The highest BCUT2D eigenvalue weighted by Crippen LogP contribution is 2.31. The van der Waals surface area contributed by atoms with Crippen LogP contribution in [0.4, 0.5) is 5.95 Å². The van der Waals surface area contributed by atoms with Crippen LogP contribution in [-0.2, 0) is 6.54 Å². The molecule has 0 amide bonds. The number of hydrogen-bond donors (Lipinski definition) is 2. The number of H-pyrrole nitrogens is 1. The molecular formula is C12H17ClN4O2. The molecule has 0 atom stereocenters. The number of benzene rings is 1. The van der Waals surface area contributed by atoms with Gasteiger partial charge in [0.05, 0.1) is 13.7 Å². The fourth-order valence-corrected chi connectivity index (χ4v) is 1.64. The molecule has 2 rings (SSSR count). The molecule has 1 aromatic heterocycles. The number of ether oxygens (including phenoxy) is 2. The molecule has 104 valence electrons. The first-order chi connectivity index (χ1) is 8.85. The van der Waals surface area contributed by atoms with E-state index < -0.39 is 0 Å². The lowest BCUT2D eigenvalue weighted by Crippen LogP contribution is -2.05. The summed E-state index contributed by atoms with van der Waals surface area (Å²) in [6.45, 7) is 3.12. The Hall–Kier alpha value is -1.95. The van der Waals surface area contributed by atoms with E-state index in [1.165, 1.54) is 6.33 Å². The molecule has 19 heavy (non-hydrogen) atoms. The Morgan fingerprint density at radius 1 is 1.37 bits per heavy atom. The van der Waals surface area contributed by atoms with E-state index in [2.05, 4.69) is 20.5 Å². The Labute approximate surface area is 117 Å². The monoisotopic (exact) mass is 284 g/mol. The number of halogens is 1. The van der Waals surface area contributed by atoms with E-state index in [1.807, 2.05) is 25.1 Å². The molecule has 0 unspecified atom stereocenters. The molecule has 1 aromatic carbocycles. The molecule has 0 aliphatic rings. The van der Waals surface area contributed by atoms with Crippen molar-refractivity contribution in [2.75, 3.05) is 19.0 Å². The summed E-state index contributed by atoms with van der Waals surface area (Å²) >= 11 is 0. The van der Waals surface area contributed by atoms with E-state index in [1.54, 1.807) is 7.11 Å². The molecule has 0 aliphatic carbocycles. The summed E-state index contributed by atoms with van der Waals surface area (Å²) in [5, 5.41) is 9.64. The van der Waals surface area contributed by atoms with E-state index in [9.17, 15) is 0 Å². The normalized spacial score (nSPS) is 9.58. The zero-order chi connectivity index (χ0) is 12.8. The van der Waals surface area contributed by atoms with Gasteiger partial charge in [-0.15, -0.1) is 12.4 Å². The van der Waals surface area contributed by atoms with Crippen LogP contribution in [0.5, 0.6) is 11.5 Å². The summed E-state index contributed by atoms with van der Waals surface area (Å²) in [5.41, 5.74) is 1.01. The highest BCUT2D eigenvalue weighted by Gasteiger charge is 2.10. The molecule has 0 aliphatic heterocycles. The van der Waals surface area contributed by atoms with Gasteiger partial charge in [0.1, 0.15) is 6.33 Å². The molecule has 0 saturated carbocycles. The van der Waals surface area contributed by atoms with Gasteiger partial charge in [-0.25, -0.2) is 10.1 Å². The minimum Gasteiger partial charge on any atom is -0.493 e. The lowest BCUT2D eigenvalue weighted by molar-refractivity contribution is 0.308. The largest absolute Gasteiger partial charge is 0.493 e. The Balaban J connectivity index is 0.00000180. The molecule has 7 heteroatoms. The predicted octanol–water partition coefficient (Wildman–Crippen LogP) is 2.25. The third-order valence-electron chi connectivity index (χ3n) is 2.43. The van der Waals surface area contributed by atoms with Gasteiger partial charge in [-0.3, -0.25) is 0 Å². The zero-order valence-electron chi connectivity index (χ0n) is 10.8. The average molecular weight is 285 g/mol. The van der Waals surface area contributed by atoms with Crippen LogP contribution in [-0.4, -0.2) is 28.9 Å². The minimum atomic E-state index is 0. The lowest BCUT2D eigenvalue weighted by atomic mass is 10.2. The number of aromatic amines is 1. The molecular weight excluding hydrogens is 268 g/mol. The van der Waals surface area contributed by atoms with Gasteiger partial charge >= 0.3 is 0 Å². The topological polar surface area (TPSA) is 72.1 Å². The second kappa shape index (κ2) is 7.48. The van der Waals surface area contributed by atoms with Crippen molar-refractivity contribution >= 4 is 18.4 Å². The zero-order valence-corrected chi connectivity index (χ0v) is 11.7. The SMILES string of the molecule is CCOc1c(CNc2ncn[nH]2)cccc1OC.Cl. The smallest absolute Gasteiger partial charge is 0.218 e. The van der Waals surface area contributed by atoms with Gasteiger partial charge in [0, 0.05) is 12.1 Å². The maximum Gasteiger partial charge on any atom is 0.218 e. The second-order valence-electron chi connectivity index (χ2n) is 3.57.